The summed E-state index contributed by atoms with van der Waals surface area (Å²) in [4.78, 5) is 11.5. The molecule has 7 nitrogen and oxygen atoms in total. The van der Waals surface area contributed by atoms with E-state index >= 15 is 0 Å². The topological polar surface area (TPSA) is 95.1 Å². The maximum absolute atomic E-state index is 10.4. The zero-order valence-corrected chi connectivity index (χ0v) is 11.9. The van der Waals surface area contributed by atoms with Gasteiger partial charge in [-0.1, -0.05) is 0 Å². The van der Waals surface area contributed by atoms with E-state index in [0.29, 0.717) is 36.9 Å². The lowest BCUT2D eigenvalue weighted by atomic mass is 10.1. The minimum atomic E-state index is -1.25. The number of hydrogen-bond acceptors (Lipinski definition) is 7. The van der Waals surface area contributed by atoms with Crippen LogP contribution < -0.4 is 15.7 Å². The van der Waals surface area contributed by atoms with E-state index in [2.05, 4.69) is 4.98 Å². The third-order valence-corrected chi connectivity index (χ3v) is 3.50. The number of pyridine rings is 1. The molecule has 4 N–H and O–H groups in total. The average molecular weight is 282 g/mol. The molecule has 1 aliphatic heterocycles. The highest BCUT2D eigenvalue weighted by molar-refractivity contribution is 5.65. The quantitative estimate of drug-likeness (QED) is 0.670. The molecule has 20 heavy (non-hydrogen) atoms. The zero-order chi connectivity index (χ0) is 14.8. The molecule has 0 saturated carbocycles. The second-order valence-corrected chi connectivity index (χ2v) is 4.89. The van der Waals surface area contributed by atoms with Crippen molar-refractivity contribution in [3.05, 3.63) is 12.1 Å². The molecular formula is C13H22N4O3. The number of nitrogens with zero attached hydrogens (tertiary/aromatic N) is 3. The van der Waals surface area contributed by atoms with Crippen LogP contribution >= 0.6 is 0 Å². The molecular weight excluding hydrogens is 260 g/mol. The highest BCUT2D eigenvalue weighted by atomic mass is 16.7. The molecule has 7 heteroatoms. The van der Waals surface area contributed by atoms with Gasteiger partial charge in [0.1, 0.15) is 5.82 Å². The largest absolute Gasteiger partial charge is 0.396 e. The second kappa shape index (κ2) is 5.82. The number of anilines is 3. The first-order chi connectivity index (χ1) is 9.51. The molecule has 1 aliphatic rings. The number of nitrogens with two attached hydrogens (primary N) is 1. The van der Waals surface area contributed by atoms with Gasteiger partial charge in [-0.05, 0) is 31.9 Å². The van der Waals surface area contributed by atoms with Gasteiger partial charge in [0, 0.05) is 13.6 Å². The minimum absolute atomic E-state index is 0.324. The highest BCUT2D eigenvalue weighted by Gasteiger charge is 2.39. The average Bonchev–Trinajstić information content (AvgIpc) is 2.82. The van der Waals surface area contributed by atoms with Gasteiger partial charge in [-0.25, -0.2) is 10.0 Å². The van der Waals surface area contributed by atoms with Crippen LogP contribution in [0.1, 0.15) is 19.8 Å². The molecule has 1 aromatic rings. The van der Waals surface area contributed by atoms with Gasteiger partial charge >= 0.3 is 0 Å². The highest BCUT2D eigenvalue weighted by Crippen LogP contribution is 2.33. The molecule has 0 aliphatic carbocycles. The van der Waals surface area contributed by atoms with Crippen molar-refractivity contribution < 1.29 is 15.1 Å². The Balaban J connectivity index is 2.31. The molecule has 1 fully saturated rings. The number of nitrogen functional groups attached to an aromatic ring is 1. The smallest absolute Gasteiger partial charge is 0.177 e. The van der Waals surface area contributed by atoms with Crippen LogP contribution in [0.15, 0.2) is 12.1 Å². The van der Waals surface area contributed by atoms with E-state index in [-0.39, 0.29) is 6.61 Å². The van der Waals surface area contributed by atoms with E-state index in [1.807, 2.05) is 6.92 Å². The molecule has 2 rings (SSSR count). The Morgan fingerprint density at radius 2 is 2.30 bits per heavy atom. The minimum Gasteiger partial charge on any atom is -0.396 e. The van der Waals surface area contributed by atoms with Crippen LogP contribution in [0.5, 0.6) is 0 Å². The van der Waals surface area contributed by atoms with Crippen LogP contribution in [0.25, 0.3) is 0 Å². The Bertz CT molecular complexity index is 471. The number of aliphatic hydroxyl groups excluding tert-OH is 1. The summed E-state index contributed by atoms with van der Waals surface area (Å²) >= 11 is 0. The predicted octanol–water partition coefficient (Wildman–Crippen LogP) is 0.333. The van der Waals surface area contributed by atoms with Gasteiger partial charge in [0.15, 0.2) is 11.5 Å². The van der Waals surface area contributed by atoms with Crippen LogP contribution in [-0.4, -0.2) is 47.7 Å². The zero-order valence-electron chi connectivity index (χ0n) is 11.9. The fraction of sp³-hybridized carbons (Fsp3) is 0.615. The van der Waals surface area contributed by atoms with Crippen molar-refractivity contribution in [3.8, 4) is 0 Å². The molecule has 0 radical (unpaired) electrons. The van der Waals surface area contributed by atoms with E-state index < -0.39 is 5.72 Å². The van der Waals surface area contributed by atoms with Gasteiger partial charge in [0.25, 0.3) is 0 Å². The van der Waals surface area contributed by atoms with Crippen LogP contribution in [-0.2, 0) is 4.84 Å². The lowest BCUT2D eigenvalue weighted by molar-refractivity contribution is -0.00546. The van der Waals surface area contributed by atoms with Crippen molar-refractivity contribution in [2.75, 3.05) is 42.5 Å². The van der Waals surface area contributed by atoms with Crippen LogP contribution in [0, 0.1) is 0 Å². The van der Waals surface area contributed by atoms with E-state index in [1.165, 1.54) is 5.06 Å². The van der Waals surface area contributed by atoms with Gasteiger partial charge in [-0.3, -0.25) is 4.84 Å². The summed E-state index contributed by atoms with van der Waals surface area (Å²) in [6.07, 6.45) is 1.33. The monoisotopic (exact) mass is 282 g/mol. The summed E-state index contributed by atoms with van der Waals surface area (Å²) in [5.41, 5.74) is 5.16. The van der Waals surface area contributed by atoms with E-state index in [4.69, 9.17) is 10.6 Å². The number of aliphatic hydroxyl groups is 2. The van der Waals surface area contributed by atoms with Gasteiger partial charge < -0.3 is 20.8 Å². The first-order valence-corrected chi connectivity index (χ1v) is 6.76. The lowest BCUT2D eigenvalue weighted by Crippen LogP contribution is -2.47. The van der Waals surface area contributed by atoms with E-state index in [1.54, 1.807) is 24.1 Å². The number of hydroxylamine groups is 1. The molecule has 1 atom stereocenters. The summed E-state index contributed by atoms with van der Waals surface area (Å²) in [7, 11) is 1.73. The lowest BCUT2D eigenvalue weighted by Gasteiger charge is -2.33. The molecule has 112 valence electrons. The molecule has 1 saturated heterocycles. The first-order valence-electron chi connectivity index (χ1n) is 6.76. The molecule has 0 amide bonds. The predicted molar refractivity (Wildman–Crippen MR) is 77.3 cm³/mol. The van der Waals surface area contributed by atoms with Gasteiger partial charge in [0.05, 0.1) is 18.9 Å². The summed E-state index contributed by atoms with van der Waals surface area (Å²) < 4.78 is 0. The van der Waals surface area contributed by atoms with E-state index in [9.17, 15) is 10.2 Å². The Morgan fingerprint density at radius 1 is 1.55 bits per heavy atom. The summed E-state index contributed by atoms with van der Waals surface area (Å²) in [5.74, 6) is 1.08. The third kappa shape index (κ3) is 2.65. The number of hydrogen-bond donors (Lipinski definition) is 3. The van der Waals surface area contributed by atoms with Gasteiger partial charge in [0.2, 0.25) is 0 Å². The van der Waals surface area contributed by atoms with Crippen LogP contribution in [0.2, 0.25) is 0 Å². The Morgan fingerprint density at radius 3 is 2.95 bits per heavy atom. The van der Waals surface area contributed by atoms with Crippen molar-refractivity contribution in [2.24, 2.45) is 0 Å². The van der Waals surface area contributed by atoms with Crippen molar-refractivity contribution in [3.63, 3.8) is 0 Å². The fourth-order valence-corrected chi connectivity index (χ4v) is 2.46. The number of aromatic nitrogens is 1. The fourth-order valence-electron chi connectivity index (χ4n) is 2.46. The Kier molecular flexibility index (Phi) is 4.32. The van der Waals surface area contributed by atoms with Gasteiger partial charge in [-0.2, -0.15) is 0 Å². The molecule has 1 aromatic heterocycles. The molecule has 0 bridgehead atoms. The van der Waals surface area contributed by atoms with Crippen molar-refractivity contribution >= 4 is 17.3 Å². The van der Waals surface area contributed by atoms with Crippen LogP contribution in [0.3, 0.4) is 0 Å². The first kappa shape index (κ1) is 14.8. The van der Waals surface area contributed by atoms with Crippen LogP contribution in [0.4, 0.5) is 17.3 Å². The van der Waals surface area contributed by atoms with Crippen molar-refractivity contribution in [1.82, 2.24) is 4.98 Å². The van der Waals surface area contributed by atoms with E-state index in [0.717, 1.165) is 6.42 Å². The summed E-state index contributed by atoms with van der Waals surface area (Å²) in [5, 5.41) is 21.3. The van der Waals surface area contributed by atoms with Gasteiger partial charge in [-0.15, -0.1) is 0 Å². The summed E-state index contributed by atoms with van der Waals surface area (Å²) in [6.45, 7) is 2.70. The Hall–Kier alpha value is -1.57. The normalized spacial score (nSPS) is 22.3. The molecule has 2 heterocycles. The standard InChI is InChI=1S/C13H22N4O3/c1-3-20-16(2)12-10(14)5-6-11(15-12)17-8-4-7-13(17,19)9-18/h5-6,18-19H,3-4,7-9,14H2,1-2H3. The van der Waals surface area contributed by atoms with Crippen molar-refractivity contribution in [2.45, 2.75) is 25.5 Å². The van der Waals surface area contributed by atoms with Crippen molar-refractivity contribution in [1.29, 1.82) is 0 Å². The maximum Gasteiger partial charge on any atom is 0.177 e. The molecule has 0 aromatic carbocycles. The molecule has 1 unspecified atom stereocenters. The SMILES string of the molecule is CCON(C)c1nc(N2CCCC2(O)CO)ccc1N. The molecule has 0 spiro atoms. The third-order valence-electron chi connectivity index (χ3n) is 3.50. The summed E-state index contributed by atoms with van der Waals surface area (Å²) in [6, 6.07) is 3.47. The second-order valence-electron chi connectivity index (χ2n) is 4.89. The Labute approximate surface area is 118 Å². The maximum atomic E-state index is 10.4. The number of rotatable bonds is 5.